The number of nitrogens with zero attached hydrogens (tertiary/aromatic N) is 1. The molecule has 1 aliphatic heterocycles. The van der Waals surface area contributed by atoms with Gasteiger partial charge in [0.25, 0.3) is 0 Å². The molecule has 0 radical (unpaired) electrons. The summed E-state index contributed by atoms with van der Waals surface area (Å²) in [6, 6.07) is 14.7. The fourth-order valence-electron chi connectivity index (χ4n) is 2.97. The van der Waals surface area contributed by atoms with Gasteiger partial charge in [0.15, 0.2) is 0 Å². The summed E-state index contributed by atoms with van der Waals surface area (Å²) in [5.74, 6) is -0.226. The second-order valence-corrected chi connectivity index (χ2v) is 5.60. The summed E-state index contributed by atoms with van der Waals surface area (Å²) in [6.07, 6.45) is 1.23. The van der Waals surface area contributed by atoms with E-state index in [9.17, 15) is 9.18 Å². The van der Waals surface area contributed by atoms with Crippen molar-refractivity contribution in [1.29, 1.82) is 0 Å². The molecule has 0 bridgehead atoms. The molecular weight excluding hydrogens is 279 g/mol. The van der Waals surface area contributed by atoms with E-state index in [0.29, 0.717) is 18.7 Å². The first kappa shape index (κ1) is 14.6. The maximum absolute atomic E-state index is 13.5. The fraction of sp³-hybridized carbons (Fsp3) is 0.278. The highest BCUT2D eigenvalue weighted by Crippen LogP contribution is 2.32. The molecule has 4 heteroatoms. The SMILES string of the molecule is CC1Cc2ccccc2N1C(=O)CCNc1ccccc1F. The highest BCUT2D eigenvalue weighted by Gasteiger charge is 2.29. The first-order valence-electron chi connectivity index (χ1n) is 7.55. The van der Waals surface area contributed by atoms with Crippen molar-refractivity contribution < 1.29 is 9.18 Å². The number of carbonyl (C=O) groups is 1. The molecule has 2 aromatic rings. The van der Waals surface area contributed by atoms with Gasteiger partial charge in [-0.15, -0.1) is 0 Å². The molecule has 114 valence electrons. The molecule has 1 aliphatic rings. The van der Waals surface area contributed by atoms with Gasteiger partial charge in [-0.2, -0.15) is 0 Å². The minimum Gasteiger partial charge on any atom is -0.382 e. The molecule has 0 aliphatic carbocycles. The molecular formula is C18H19FN2O. The Kier molecular flexibility index (Phi) is 4.09. The number of halogens is 1. The average Bonchev–Trinajstić information content (AvgIpc) is 2.85. The van der Waals surface area contributed by atoms with E-state index in [-0.39, 0.29) is 17.8 Å². The van der Waals surface area contributed by atoms with Crippen molar-refractivity contribution >= 4 is 17.3 Å². The smallest absolute Gasteiger partial charge is 0.229 e. The Morgan fingerprint density at radius 1 is 1.23 bits per heavy atom. The molecule has 1 unspecified atom stereocenters. The van der Waals surface area contributed by atoms with Gasteiger partial charge in [0.1, 0.15) is 5.82 Å². The molecule has 0 saturated carbocycles. The maximum Gasteiger partial charge on any atom is 0.229 e. The fourth-order valence-corrected chi connectivity index (χ4v) is 2.97. The van der Waals surface area contributed by atoms with E-state index in [1.165, 1.54) is 11.6 Å². The molecule has 1 N–H and O–H groups in total. The summed E-state index contributed by atoms with van der Waals surface area (Å²) in [7, 11) is 0. The van der Waals surface area contributed by atoms with Crippen molar-refractivity contribution in [2.24, 2.45) is 0 Å². The molecule has 3 nitrogen and oxygen atoms in total. The summed E-state index contributed by atoms with van der Waals surface area (Å²) in [4.78, 5) is 14.3. The van der Waals surface area contributed by atoms with E-state index in [1.807, 2.05) is 23.1 Å². The normalized spacial score (nSPS) is 16.5. The Hall–Kier alpha value is -2.36. The van der Waals surface area contributed by atoms with E-state index >= 15 is 0 Å². The molecule has 22 heavy (non-hydrogen) atoms. The highest BCUT2D eigenvalue weighted by atomic mass is 19.1. The summed E-state index contributed by atoms with van der Waals surface area (Å²) >= 11 is 0. The largest absolute Gasteiger partial charge is 0.382 e. The van der Waals surface area contributed by atoms with Crippen LogP contribution in [0.1, 0.15) is 18.9 Å². The highest BCUT2D eigenvalue weighted by molar-refractivity contribution is 5.96. The predicted molar refractivity (Wildman–Crippen MR) is 86.6 cm³/mol. The Labute approximate surface area is 129 Å². The zero-order valence-corrected chi connectivity index (χ0v) is 12.6. The van der Waals surface area contributed by atoms with Crippen molar-refractivity contribution in [1.82, 2.24) is 0 Å². The Morgan fingerprint density at radius 2 is 1.95 bits per heavy atom. The lowest BCUT2D eigenvalue weighted by Gasteiger charge is -2.23. The van der Waals surface area contributed by atoms with Crippen LogP contribution in [0.25, 0.3) is 0 Å². The average molecular weight is 298 g/mol. The number of amides is 1. The number of carbonyl (C=O) groups excluding carboxylic acids is 1. The first-order valence-corrected chi connectivity index (χ1v) is 7.55. The van der Waals surface area contributed by atoms with Crippen molar-refractivity contribution in [2.75, 3.05) is 16.8 Å². The van der Waals surface area contributed by atoms with Crippen LogP contribution in [-0.4, -0.2) is 18.5 Å². The van der Waals surface area contributed by atoms with Crippen LogP contribution < -0.4 is 10.2 Å². The molecule has 0 aromatic heterocycles. The molecule has 3 rings (SSSR count). The minimum absolute atomic E-state index is 0.0706. The van der Waals surface area contributed by atoms with Gasteiger partial charge < -0.3 is 10.2 Å². The van der Waals surface area contributed by atoms with E-state index in [0.717, 1.165) is 12.1 Å². The quantitative estimate of drug-likeness (QED) is 0.935. The number of fused-ring (bicyclic) bond motifs is 1. The van der Waals surface area contributed by atoms with Gasteiger partial charge >= 0.3 is 0 Å². The summed E-state index contributed by atoms with van der Waals surface area (Å²) in [5.41, 5.74) is 2.65. The van der Waals surface area contributed by atoms with Gasteiger partial charge in [-0.1, -0.05) is 30.3 Å². The Balaban J connectivity index is 1.62. The summed E-state index contributed by atoms with van der Waals surface area (Å²) < 4.78 is 13.5. The van der Waals surface area contributed by atoms with Crippen molar-refractivity contribution in [3.63, 3.8) is 0 Å². The standard InChI is InChI=1S/C18H19FN2O/c1-13-12-14-6-2-5-9-17(14)21(13)18(22)10-11-20-16-8-4-3-7-15(16)19/h2-9,13,20H,10-12H2,1H3. The number of para-hydroxylation sites is 2. The Bertz CT molecular complexity index is 686. The molecule has 0 spiro atoms. The molecule has 0 fully saturated rings. The van der Waals surface area contributed by atoms with Gasteiger partial charge in [0.05, 0.1) is 5.69 Å². The van der Waals surface area contributed by atoms with Gasteiger partial charge in [-0.05, 0) is 37.1 Å². The van der Waals surface area contributed by atoms with E-state index in [1.54, 1.807) is 18.2 Å². The third-order valence-corrected chi connectivity index (χ3v) is 4.00. The predicted octanol–water partition coefficient (Wildman–Crippen LogP) is 3.61. The summed E-state index contributed by atoms with van der Waals surface area (Å²) in [5, 5.41) is 2.98. The van der Waals surface area contributed by atoms with Gasteiger partial charge in [-0.3, -0.25) is 4.79 Å². The van der Waals surface area contributed by atoms with Crippen LogP contribution >= 0.6 is 0 Å². The zero-order chi connectivity index (χ0) is 15.5. The third kappa shape index (κ3) is 2.82. The lowest BCUT2D eigenvalue weighted by atomic mass is 10.1. The van der Waals surface area contributed by atoms with Crippen LogP contribution in [0.15, 0.2) is 48.5 Å². The van der Waals surface area contributed by atoms with Crippen LogP contribution in [0.3, 0.4) is 0 Å². The monoisotopic (exact) mass is 298 g/mol. The number of benzene rings is 2. The third-order valence-electron chi connectivity index (χ3n) is 4.00. The van der Waals surface area contributed by atoms with Crippen molar-refractivity contribution in [3.8, 4) is 0 Å². The topological polar surface area (TPSA) is 32.3 Å². The van der Waals surface area contributed by atoms with Crippen LogP contribution in [0.2, 0.25) is 0 Å². The van der Waals surface area contributed by atoms with Crippen LogP contribution in [0, 0.1) is 5.82 Å². The Morgan fingerprint density at radius 3 is 2.77 bits per heavy atom. The van der Waals surface area contributed by atoms with Gasteiger partial charge in [0, 0.05) is 24.7 Å². The van der Waals surface area contributed by atoms with E-state index in [2.05, 4.69) is 18.3 Å². The van der Waals surface area contributed by atoms with Crippen LogP contribution in [0.4, 0.5) is 15.8 Å². The number of hydrogen-bond acceptors (Lipinski definition) is 2. The van der Waals surface area contributed by atoms with Gasteiger partial charge in [-0.25, -0.2) is 4.39 Å². The van der Waals surface area contributed by atoms with Gasteiger partial charge in [0.2, 0.25) is 5.91 Å². The van der Waals surface area contributed by atoms with Crippen molar-refractivity contribution in [3.05, 3.63) is 59.9 Å². The number of rotatable bonds is 4. The van der Waals surface area contributed by atoms with Crippen molar-refractivity contribution in [2.45, 2.75) is 25.8 Å². The maximum atomic E-state index is 13.5. The molecule has 1 amide bonds. The second-order valence-electron chi connectivity index (χ2n) is 5.60. The van der Waals surface area contributed by atoms with E-state index < -0.39 is 0 Å². The molecule has 0 saturated heterocycles. The second kappa shape index (κ2) is 6.18. The lowest BCUT2D eigenvalue weighted by Crippen LogP contribution is -2.36. The summed E-state index contributed by atoms with van der Waals surface area (Å²) in [6.45, 7) is 2.48. The molecule has 1 atom stereocenters. The number of anilines is 2. The van der Waals surface area contributed by atoms with E-state index in [4.69, 9.17) is 0 Å². The first-order chi connectivity index (χ1) is 10.7. The molecule has 2 aromatic carbocycles. The van der Waals surface area contributed by atoms with Crippen LogP contribution in [-0.2, 0) is 11.2 Å². The minimum atomic E-state index is -0.296. The van der Waals surface area contributed by atoms with Crippen LogP contribution in [0.5, 0.6) is 0 Å². The molecule has 1 heterocycles. The number of nitrogens with one attached hydrogen (secondary N) is 1. The number of hydrogen-bond donors (Lipinski definition) is 1. The zero-order valence-electron chi connectivity index (χ0n) is 12.6. The lowest BCUT2D eigenvalue weighted by molar-refractivity contribution is -0.118.